The van der Waals surface area contributed by atoms with Gasteiger partial charge >= 0.3 is 12.1 Å². The maximum atomic E-state index is 12.9. The van der Waals surface area contributed by atoms with Gasteiger partial charge in [-0.05, 0) is 24.1 Å². The molecule has 2 aromatic carbocycles. The monoisotopic (exact) mass is 600 g/mol. The van der Waals surface area contributed by atoms with Crippen molar-refractivity contribution in [2.24, 2.45) is 0 Å². The highest BCUT2D eigenvalue weighted by Crippen LogP contribution is 2.32. The van der Waals surface area contributed by atoms with E-state index in [2.05, 4.69) is 10.6 Å². The van der Waals surface area contributed by atoms with Gasteiger partial charge in [-0.15, -0.1) is 0 Å². The smallest absolute Gasteiger partial charge is 0.411 e. The van der Waals surface area contributed by atoms with Crippen LogP contribution in [0.5, 0.6) is 0 Å². The third kappa shape index (κ3) is 8.01. The number of hydrogen-bond donors (Lipinski definition) is 3. The summed E-state index contributed by atoms with van der Waals surface area (Å²) in [6.07, 6.45) is -0.337. The molecule has 216 valence electrons. The van der Waals surface area contributed by atoms with Crippen LogP contribution >= 0.6 is 21.6 Å². The van der Waals surface area contributed by atoms with Gasteiger partial charge in [0.1, 0.15) is 19.2 Å². The van der Waals surface area contributed by atoms with E-state index in [1.54, 1.807) is 18.2 Å². The van der Waals surface area contributed by atoms with Crippen molar-refractivity contribution in [1.29, 1.82) is 0 Å². The number of anilines is 1. The Bertz CT molecular complexity index is 1340. The fourth-order valence-electron chi connectivity index (χ4n) is 4.46. The van der Waals surface area contributed by atoms with Crippen molar-refractivity contribution in [3.05, 3.63) is 65.2 Å². The first-order valence-electron chi connectivity index (χ1n) is 12.7. The molecular weight excluding hydrogens is 572 g/mol. The van der Waals surface area contributed by atoms with Gasteiger partial charge < -0.3 is 19.6 Å². The van der Waals surface area contributed by atoms with Crippen molar-refractivity contribution in [3.63, 3.8) is 0 Å². The van der Waals surface area contributed by atoms with Crippen LogP contribution in [0.4, 0.5) is 10.5 Å². The van der Waals surface area contributed by atoms with Crippen molar-refractivity contribution >= 4 is 63.0 Å². The predicted octanol–water partition coefficient (Wildman–Crippen LogP) is 2.49. The van der Waals surface area contributed by atoms with E-state index in [-0.39, 0.29) is 56.0 Å². The Kier molecular flexibility index (Phi) is 10.2. The van der Waals surface area contributed by atoms with Crippen molar-refractivity contribution in [3.8, 4) is 0 Å². The molecule has 2 aromatic rings. The zero-order chi connectivity index (χ0) is 29.4. The maximum absolute atomic E-state index is 12.9. The van der Waals surface area contributed by atoms with Crippen LogP contribution in [0, 0.1) is 0 Å². The van der Waals surface area contributed by atoms with Crippen LogP contribution in [-0.4, -0.2) is 81.3 Å². The summed E-state index contributed by atoms with van der Waals surface area (Å²) >= 11 is 0. The van der Waals surface area contributed by atoms with Gasteiger partial charge in [-0.3, -0.25) is 34.6 Å². The minimum absolute atomic E-state index is 0.0525. The summed E-state index contributed by atoms with van der Waals surface area (Å²) in [7, 11) is 2.55. The molecule has 0 aromatic heterocycles. The van der Waals surface area contributed by atoms with E-state index < -0.39 is 30.6 Å². The summed E-state index contributed by atoms with van der Waals surface area (Å²) in [6.45, 7) is -0.0413. The molecule has 2 aliphatic heterocycles. The number of imide groups is 1. The van der Waals surface area contributed by atoms with Gasteiger partial charge in [-0.1, -0.05) is 58.0 Å². The lowest BCUT2D eigenvalue weighted by atomic mass is 10.0. The Morgan fingerprint density at radius 3 is 2.59 bits per heavy atom. The Hall–Kier alpha value is -4.04. The van der Waals surface area contributed by atoms with Crippen molar-refractivity contribution in [1.82, 2.24) is 15.1 Å². The molecule has 1 saturated heterocycles. The molecule has 5 amide bonds. The number of hydrogen-bond acceptors (Lipinski definition) is 9. The summed E-state index contributed by atoms with van der Waals surface area (Å²) in [5.41, 5.74) is 2.15. The van der Waals surface area contributed by atoms with Crippen LogP contribution in [0.25, 0.3) is 0 Å². The first-order valence-corrected chi connectivity index (χ1v) is 15.2. The normalized spacial score (nSPS) is 16.1. The first kappa shape index (κ1) is 29.9. The molecule has 1 atom stereocenters. The number of piperidine rings is 1. The molecule has 12 nitrogen and oxygen atoms in total. The molecule has 14 heteroatoms. The van der Waals surface area contributed by atoms with E-state index in [1.165, 1.54) is 31.4 Å². The number of ether oxygens (including phenoxy) is 1. The van der Waals surface area contributed by atoms with Crippen molar-refractivity contribution < 1.29 is 38.6 Å². The fraction of sp³-hybridized carbons (Fsp3) is 0.333. The quantitative estimate of drug-likeness (QED) is 0.187. The van der Waals surface area contributed by atoms with Crippen LogP contribution in [0.3, 0.4) is 0 Å². The van der Waals surface area contributed by atoms with Crippen LogP contribution in [0.15, 0.2) is 48.5 Å². The third-order valence-electron chi connectivity index (χ3n) is 6.38. The van der Waals surface area contributed by atoms with E-state index in [0.717, 1.165) is 5.56 Å². The summed E-state index contributed by atoms with van der Waals surface area (Å²) < 4.78 is 5.23. The number of carbonyl (C=O) groups is 6. The number of nitrogens with zero attached hydrogens (tertiary/aromatic N) is 2. The Labute approximate surface area is 243 Å². The zero-order valence-corrected chi connectivity index (χ0v) is 23.5. The lowest BCUT2D eigenvalue weighted by Crippen LogP contribution is -2.52. The maximum Gasteiger partial charge on any atom is 0.411 e. The van der Waals surface area contributed by atoms with E-state index in [1.807, 2.05) is 30.3 Å². The summed E-state index contributed by atoms with van der Waals surface area (Å²) in [6, 6.07) is 13.2. The number of rotatable bonds is 12. The largest absolute Gasteiger partial charge is 0.480 e. The summed E-state index contributed by atoms with van der Waals surface area (Å²) in [4.78, 5) is 75.5. The summed E-state index contributed by atoms with van der Waals surface area (Å²) in [5, 5.41) is 14.1. The SMILES string of the molecule is O=C(O)CN(Cc1ccccc1)C(=O)CSSCCOC(=O)Nc1cccc2c1CN(C1CCC(=O)NC1=O)C2=O. The highest BCUT2D eigenvalue weighted by molar-refractivity contribution is 8.76. The molecule has 1 fully saturated rings. The average molecular weight is 601 g/mol. The highest BCUT2D eigenvalue weighted by Gasteiger charge is 2.40. The van der Waals surface area contributed by atoms with Gasteiger partial charge in [0.05, 0.1) is 5.75 Å². The number of carboxylic acids is 1. The number of carboxylic acid groups (broad SMARTS) is 1. The van der Waals surface area contributed by atoms with Crippen LogP contribution in [-0.2, 0) is 37.0 Å². The zero-order valence-electron chi connectivity index (χ0n) is 21.9. The van der Waals surface area contributed by atoms with Gasteiger partial charge in [0, 0.05) is 42.1 Å². The Morgan fingerprint density at radius 1 is 1.07 bits per heavy atom. The molecule has 0 radical (unpaired) electrons. The topological polar surface area (TPSA) is 162 Å². The first-order chi connectivity index (χ1) is 19.7. The fourth-order valence-corrected chi connectivity index (χ4v) is 6.20. The van der Waals surface area contributed by atoms with Gasteiger partial charge in [0.15, 0.2) is 0 Å². The lowest BCUT2D eigenvalue weighted by Gasteiger charge is -2.29. The van der Waals surface area contributed by atoms with Gasteiger partial charge in [-0.2, -0.15) is 0 Å². The minimum atomic E-state index is -1.09. The van der Waals surface area contributed by atoms with E-state index in [0.29, 0.717) is 22.6 Å². The molecule has 4 rings (SSSR count). The van der Waals surface area contributed by atoms with E-state index in [9.17, 15) is 28.8 Å². The number of carbonyl (C=O) groups excluding carboxylic acids is 5. The van der Waals surface area contributed by atoms with E-state index >= 15 is 0 Å². The molecule has 0 spiro atoms. The molecular formula is C27H28N4O8S2. The summed E-state index contributed by atoms with van der Waals surface area (Å²) in [5.74, 6) is -2.19. The Balaban J connectivity index is 1.20. The number of fused-ring (bicyclic) bond motifs is 1. The number of aliphatic carboxylic acids is 1. The van der Waals surface area contributed by atoms with Gasteiger partial charge in [0.2, 0.25) is 17.7 Å². The van der Waals surface area contributed by atoms with Crippen LogP contribution in [0.1, 0.15) is 34.3 Å². The van der Waals surface area contributed by atoms with Crippen molar-refractivity contribution in [2.45, 2.75) is 32.0 Å². The van der Waals surface area contributed by atoms with Crippen LogP contribution in [0.2, 0.25) is 0 Å². The molecule has 3 N–H and O–H groups in total. The second-order valence-corrected chi connectivity index (χ2v) is 11.8. The molecule has 0 bridgehead atoms. The molecule has 2 aliphatic rings. The average Bonchev–Trinajstić information content (AvgIpc) is 3.27. The standard InChI is InChI=1S/C27H28N4O8S2/c32-22-10-9-21(25(36)29-22)31-14-19-18(26(31)37)7-4-8-20(19)28-27(38)39-11-12-40-41-16-23(33)30(15-24(34)35)13-17-5-2-1-3-6-17/h1-8,21H,9-16H2,(H,28,38)(H,34,35)(H,29,32,36). The molecule has 1 unspecified atom stereocenters. The minimum Gasteiger partial charge on any atom is -0.480 e. The van der Waals surface area contributed by atoms with Gasteiger partial charge in [0.25, 0.3) is 5.91 Å². The van der Waals surface area contributed by atoms with Crippen molar-refractivity contribution in [2.75, 3.05) is 30.0 Å². The predicted molar refractivity (Wildman–Crippen MR) is 152 cm³/mol. The lowest BCUT2D eigenvalue weighted by molar-refractivity contribution is -0.143. The van der Waals surface area contributed by atoms with Gasteiger partial charge in [-0.25, -0.2) is 4.79 Å². The van der Waals surface area contributed by atoms with E-state index in [4.69, 9.17) is 9.84 Å². The molecule has 0 saturated carbocycles. The number of amides is 5. The molecule has 2 heterocycles. The number of benzene rings is 2. The second-order valence-electron chi connectivity index (χ2n) is 9.21. The highest BCUT2D eigenvalue weighted by atomic mass is 33.1. The number of nitrogens with one attached hydrogen (secondary N) is 2. The van der Waals surface area contributed by atoms with Crippen LogP contribution < -0.4 is 10.6 Å². The molecule has 41 heavy (non-hydrogen) atoms. The molecule has 0 aliphatic carbocycles. The Morgan fingerprint density at radius 2 is 1.85 bits per heavy atom. The second kappa shape index (κ2) is 14.0. The third-order valence-corrected chi connectivity index (χ3v) is 8.60.